The van der Waals surface area contributed by atoms with Crippen LogP contribution in [0.4, 0.5) is 24.5 Å². The highest BCUT2D eigenvalue weighted by Gasteiger charge is 2.34. The van der Waals surface area contributed by atoms with Crippen molar-refractivity contribution in [3.05, 3.63) is 86.9 Å². The average molecular weight is 552 g/mol. The van der Waals surface area contributed by atoms with Gasteiger partial charge in [-0.1, -0.05) is 52.5 Å². The Kier molecular flexibility index (Phi) is 7.72. The first kappa shape index (κ1) is 26.2. The normalized spacial score (nSPS) is 11.9. The SMILES string of the molecule is Cc1ccc(S(=O)(=O)N(CC(=O)Nc2ccc(Cl)c(C(F)(F)F)c2)c2cc(Cl)ccc2Cl)cc1. The number of benzene rings is 3. The summed E-state index contributed by atoms with van der Waals surface area (Å²) in [7, 11) is -4.31. The summed E-state index contributed by atoms with van der Waals surface area (Å²) in [5.74, 6) is -0.915. The van der Waals surface area contributed by atoms with Gasteiger partial charge in [-0.25, -0.2) is 8.42 Å². The van der Waals surface area contributed by atoms with E-state index >= 15 is 0 Å². The second-order valence-corrected chi connectivity index (χ2v) is 10.3. The number of carbonyl (C=O) groups excluding carboxylic acids is 1. The van der Waals surface area contributed by atoms with Gasteiger partial charge in [-0.15, -0.1) is 0 Å². The zero-order chi connectivity index (χ0) is 25.3. The van der Waals surface area contributed by atoms with Crippen molar-refractivity contribution in [2.45, 2.75) is 18.0 Å². The lowest BCUT2D eigenvalue weighted by Gasteiger charge is -2.25. The molecule has 0 atom stereocenters. The van der Waals surface area contributed by atoms with Crippen LogP contribution in [-0.2, 0) is 21.0 Å². The van der Waals surface area contributed by atoms with E-state index in [9.17, 15) is 26.4 Å². The first-order valence-electron chi connectivity index (χ1n) is 9.50. The molecule has 5 nitrogen and oxygen atoms in total. The maximum Gasteiger partial charge on any atom is 0.417 e. The molecular weight excluding hydrogens is 536 g/mol. The molecule has 0 unspecified atom stereocenters. The van der Waals surface area contributed by atoms with Crippen LogP contribution >= 0.6 is 34.8 Å². The Hall–Kier alpha value is -2.46. The van der Waals surface area contributed by atoms with Crippen LogP contribution in [0, 0.1) is 6.92 Å². The minimum atomic E-state index is -4.74. The van der Waals surface area contributed by atoms with Crippen molar-refractivity contribution in [1.82, 2.24) is 0 Å². The number of alkyl halides is 3. The Labute approximate surface area is 209 Å². The maximum absolute atomic E-state index is 13.4. The van der Waals surface area contributed by atoms with E-state index < -0.39 is 39.2 Å². The minimum Gasteiger partial charge on any atom is -0.324 e. The molecule has 34 heavy (non-hydrogen) atoms. The number of nitrogens with zero attached hydrogens (tertiary/aromatic N) is 1. The van der Waals surface area contributed by atoms with Crippen LogP contribution in [0.25, 0.3) is 0 Å². The molecule has 0 spiro atoms. The van der Waals surface area contributed by atoms with Gasteiger partial charge in [-0.05, 0) is 55.5 Å². The Balaban J connectivity index is 1.99. The van der Waals surface area contributed by atoms with Gasteiger partial charge in [-0.3, -0.25) is 9.10 Å². The third kappa shape index (κ3) is 5.96. The van der Waals surface area contributed by atoms with E-state index in [-0.39, 0.29) is 26.3 Å². The lowest BCUT2D eigenvalue weighted by atomic mass is 10.2. The second-order valence-electron chi connectivity index (χ2n) is 7.16. The van der Waals surface area contributed by atoms with Crippen molar-refractivity contribution in [3.63, 3.8) is 0 Å². The van der Waals surface area contributed by atoms with Crippen LogP contribution in [0.15, 0.2) is 65.6 Å². The van der Waals surface area contributed by atoms with E-state index in [1.807, 2.05) is 0 Å². The molecule has 0 heterocycles. The van der Waals surface area contributed by atoms with Gasteiger partial charge in [0.25, 0.3) is 10.0 Å². The highest BCUT2D eigenvalue weighted by atomic mass is 35.5. The topological polar surface area (TPSA) is 66.5 Å². The predicted molar refractivity (Wildman–Crippen MR) is 127 cm³/mol. The molecular formula is C22H16Cl3F3N2O3S. The third-order valence-electron chi connectivity index (χ3n) is 4.63. The molecule has 0 saturated heterocycles. The molecule has 0 aliphatic rings. The quantitative estimate of drug-likeness (QED) is 0.366. The molecule has 0 aliphatic heterocycles. The molecule has 1 amide bonds. The van der Waals surface area contributed by atoms with Crippen molar-refractivity contribution in [3.8, 4) is 0 Å². The summed E-state index contributed by atoms with van der Waals surface area (Å²) in [6.07, 6.45) is -4.74. The molecule has 0 aliphatic carbocycles. The van der Waals surface area contributed by atoms with E-state index in [0.29, 0.717) is 6.07 Å². The van der Waals surface area contributed by atoms with Crippen LogP contribution in [0.2, 0.25) is 15.1 Å². The first-order valence-corrected chi connectivity index (χ1v) is 12.1. The second kappa shape index (κ2) is 10.0. The molecule has 3 aromatic carbocycles. The third-order valence-corrected chi connectivity index (χ3v) is 7.29. The number of halogens is 6. The van der Waals surface area contributed by atoms with E-state index in [4.69, 9.17) is 34.8 Å². The Morgan fingerprint density at radius 1 is 0.941 bits per heavy atom. The zero-order valence-electron chi connectivity index (χ0n) is 17.3. The minimum absolute atomic E-state index is 0.00117. The Morgan fingerprint density at radius 3 is 2.18 bits per heavy atom. The summed E-state index contributed by atoms with van der Waals surface area (Å²) >= 11 is 17.8. The monoisotopic (exact) mass is 550 g/mol. The summed E-state index contributed by atoms with van der Waals surface area (Å²) in [4.78, 5) is 12.6. The van der Waals surface area contributed by atoms with Crippen molar-refractivity contribution < 1.29 is 26.4 Å². The fourth-order valence-electron chi connectivity index (χ4n) is 2.97. The molecule has 0 radical (unpaired) electrons. The maximum atomic E-state index is 13.4. The molecule has 0 aromatic heterocycles. The molecule has 1 N–H and O–H groups in total. The number of nitrogens with one attached hydrogen (secondary N) is 1. The number of anilines is 2. The highest BCUT2D eigenvalue weighted by Crippen LogP contribution is 2.36. The number of amides is 1. The largest absolute Gasteiger partial charge is 0.417 e. The number of aryl methyl sites for hydroxylation is 1. The van der Waals surface area contributed by atoms with Gasteiger partial charge in [0.15, 0.2) is 0 Å². The summed E-state index contributed by atoms with van der Waals surface area (Å²) in [5.41, 5.74) is -0.621. The average Bonchev–Trinajstić information content (AvgIpc) is 2.74. The van der Waals surface area contributed by atoms with Gasteiger partial charge in [0.2, 0.25) is 5.91 Å². The van der Waals surface area contributed by atoms with Crippen LogP contribution in [0.3, 0.4) is 0 Å². The van der Waals surface area contributed by atoms with Gasteiger partial charge < -0.3 is 5.32 Å². The van der Waals surface area contributed by atoms with Gasteiger partial charge in [0.1, 0.15) is 6.54 Å². The molecule has 3 aromatic rings. The van der Waals surface area contributed by atoms with Crippen molar-refractivity contribution >= 4 is 62.1 Å². The molecule has 0 bridgehead atoms. The van der Waals surface area contributed by atoms with Gasteiger partial charge in [0, 0.05) is 10.7 Å². The summed E-state index contributed by atoms with van der Waals surface area (Å²) in [5, 5.41) is 1.89. The number of hydrogen-bond acceptors (Lipinski definition) is 3. The summed E-state index contributed by atoms with van der Waals surface area (Å²) < 4.78 is 67.0. The Morgan fingerprint density at radius 2 is 1.56 bits per heavy atom. The fraction of sp³-hybridized carbons (Fsp3) is 0.136. The van der Waals surface area contributed by atoms with E-state index in [0.717, 1.165) is 15.9 Å². The van der Waals surface area contributed by atoms with E-state index in [1.165, 1.54) is 36.4 Å². The van der Waals surface area contributed by atoms with E-state index in [1.54, 1.807) is 19.1 Å². The van der Waals surface area contributed by atoms with Gasteiger partial charge in [0.05, 0.1) is 26.2 Å². The van der Waals surface area contributed by atoms with Crippen LogP contribution in [0.5, 0.6) is 0 Å². The number of hydrogen-bond donors (Lipinski definition) is 1. The van der Waals surface area contributed by atoms with Crippen LogP contribution in [-0.4, -0.2) is 20.9 Å². The number of carbonyl (C=O) groups is 1. The fourth-order valence-corrected chi connectivity index (χ4v) is 5.06. The number of rotatable bonds is 6. The lowest BCUT2D eigenvalue weighted by molar-refractivity contribution is -0.137. The van der Waals surface area contributed by atoms with Crippen LogP contribution in [0.1, 0.15) is 11.1 Å². The first-order chi connectivity index (χ1) is 15.8. The lowest BCUT2D eigenvalue weighted by Crippen LogP contribution is -2.38. The molecule has 12 heteroatoms. The van der Waals surface area contributed by atoms with E-state index in [2.05, 4.69) is 5.32 Å². The summed E-state index contributed by atoms with van der Waals surface area (Å²) in [6.45, 7) is 0.983. The van der Waals surface area contributed by atoms with Crippen LogP contribution < -0.4 is 9.62 Å². The molecule has 180 valence electrons. The number of sulfonamides is 1. The smallest absolute Gasteiger partial charge is 0.324 e. The van der Waals surface area contributed by atoms with Gasteiger partial charge in [-0.2, -0.15) is 13.2 Å². The van der Waals surface area contributed by atoms with Gasteiger partial charge >= 0.3 is 6.18 Å². The summed E-state index contributed by atoms with van der Waals surface area (Å²) in [6, 6.07) is 12.8. The standard InChI is InChI=1S/C22H16Cl3F3N2O3S/c1-13-2-6-16(7-3-13)34(32,33)30(20-10-14(23)4-8-19(20)25)12-21(31)29-15-5-9-18(24)17(11-15)22(26,27)28/h2-11H,12H2,1H3,(H,29,31). The van der Waals surface area contributed by atoms with Crippen molar-refractivity contribution in [1.29, 1.82) is 0 Å². The Bertz CT molecular complexity index is 1330. The zero-order valence-corrected chi connectivity index (χ0v) is 20.4. The predicted octanol–water partition coefficient (Wildman–Crippen LogP) is 6.81. The van der Waals surface area contributed by atoms with Crippen molar-refractivity contribution in [2.75, 3.05) is 16.2 Å². The highest BCUT2D eigenvalue weighted by molar-refractivity contribution is 7.92. The van der Waals surface area contributed by atoms with Crippen molar-refractivity contribution in [2.24, 2.45) is 0 Å². The molecule has 0 fully saturated rings. The molecule has 3 rings (SSSR count). The molecule has 0 saturated carbocycles.